The topological polar surface area (TPSA) is 72.5 Å². The van der Waals surface area contributed by atoms with Crippen LogP contribution in [0.5, 0.6) is 0 Å². The normalized spacial score (nSPS) is 16.6. The molecule has 0 atom stereocenters. The summed E-state index contributed by atoms with van der Waals surface area (Å²) in [5, 5.41) is 12.6. The zero-order valence-corrected chi connectivity index (χ0v) is 8.12. The van der Waals surface area contributed by atoms with Gasteiger partial charge in [0.15, 0.2) is 5.65 Å². The van der Waals surface area contributed by atoms with Gasteiger partial charge in [-0.25, -0.2) is 4.68 Å². The van der Waals surface area contributed by atoms with Crippen LogP contribution in [0.15, 0.2) is 0 Å². The summed E-state index contributed by atoms with van der Waals surface area (Å²) in [6, 6.07) is 0. The van der Waals surface area contributed by atoms with E-state index in [-0.39, 0.29) is 0 Å². The molecule has 0 aromatic carbocycles. The molecule has 5 heteroatoms. The van der Waals surface area contributed by atoms with Crippen molar-refractivity contribution in [3.05, 3.63) is 5.69 Å². The van der Waals surface area contributed by atoms with E-state index in [0.29, 0.717) is 11.7 Å². The molecule has 1 aliphatic carbocycles. The van der Waals surface area contributed by atoms with Crippen molar-refractivity contribution < 1.29 is 0 Å². The van der Waals surface area contributed by atoms with Gasteiger partial charge < -0.3 is 5.73 Å². The highest BCUT2D eigenvalue weighted by atomic mass is 15.3. The Kier molecular flexibility index (Phi) is 1.40. The number of hydrogen-bond acceptors (Lipinski definition) is 3. The number of hydrogen-bond donors (Lipinski definition) is 2. The molecular formula is C9H13N5. The SMILES string of the molecule is CCn1nc(C2CC2)c2c(N)[nH]nc21. The van der Waals surface area contributed by atoms with Crippen molar-refractivity contribution in [1.82, 2.24) is 20.0 Å². The van der Waals surface area contributed by atoms with Gasteiger partial charge in [-0.2, -0.15) is 10.2 Å². The number of nitrogens with two attached hydrogens (primary N) is 1. The summed E-state index contributed by atoms with van der Waals surface area (Å²) in [5.74, 6) is 1.27. The van der Waals surface area contributed by atoms with E-state index in [9.17, 15) is 0 Å². The molecule has 0 radical (unpaired) electrons. The molecule has 1 saturated carbocycles. The highest BCUT2D eigenvalue weighted by Gasteiger charge is 2.30. The first kappa shape index (κ1) is 7.84. The minimum Gasteiger partial charge on any atom is -0.383 e. The van der Waals surface area contributed by atoms with Gasteiger partial charge in [0.25, 0.3) is 0 Å². The van der Waals surface area contributed by atoms with Gasteiger partial charge in [0.1, 0.15) is 5.82 Å². The maximum absolute atomic E-state index is 5.84. The minimum atomic E-state index is 0.616. The predicted molar refractivity (Wildman–Crippen MR) is 53.9 cm³/mol. The third kappa shape index (κ3) is 0.893. The molecule has 0 saturated heterocycles. The number of aromatic amines is 1. The third-order valence-corrected chi connectivity index (χ3v) is 2.77. The molecule has 5 nitrogen and oxygen atoms in total. The maximum atomic E-state index is 5.84. The van der Waals surface area contributed by atoms with Gasteiger partial charge in [0.2, 0.25) is 0 Å². The Bertz CT molecular complexity index is 477. The van der Waals surface area contributed by atoms with Crippen LogP contribution in [-0.4, -0.2) is 20.0 Å². The Morgan fingerprint density at radius 1 is 1.57 bits per heavy atom. The predicted octanol–water partition coefficient (Wildman–Crippen LogP) is 1.24. The van der Waals surface area contributed by atoms with Crippen LogP contribution in [0.1, 0.15) is 31.4 Å². The highest BCUT2D eigenvalue weighted by molar-refractivity contribution is 5.89. The second kappa shape index (κ2) is 2.50. The lowest BCUT2D eigenvalue weighted by Crippen LogP contribution is -1.98. The van der Waals surface area contributed by atoms with Crippen molar-refractivity contribution in [3.8, 4) is 0 Å². The van der Waals surface area contributed by atoms with E-state index < -0.39 is 0 Å². The van der Waals surface area contributed by atoms with E-state index in [4.69, 9.17) is 5.73 Å². The Morgan fingerprint density at radius 2 is 2.36 bits per heavy atom. The quantitative estimate of drug-likeness (QED) is 0.750. The van der Waals surface area contributed by atoms with E-state index in [1.807, 2.05) is 4.68 Å². The van der Waals surface area contributed by atoms with Crippen molar-refractivity contribution in [1.29, 1.82) is 0 Å². The molecule has 3 N–H and O–H groups in total. The summed E-state index contributed by atoms with van der Waals surface area (Å²) in [6.07, 6.45) is 2.47. The van der Waals surface area contributed by atoms with Crippen molar-refractivity contribution in [2.24, 2.45) is 0 Å². The van der Waals surface area contributed by atoms with Crippen LogP contribution in [0, 0.1) is 0 Å². The van der Waals surface area contributed by atoms with Gasteiger partial charge in [-0.1, -0.05) is 0 Å². The van der Waals surface area contributed by atoms with Gasteiger partial charge in [-0.15, -0.1) is 0 Å². The van der Waals surface area contributed by atoms with E-state index >= 15 is 0 Å². The highest BCUT2D eigenvalue weighted by Crippen LogP contribution is 2.43. The summed E-state index contributed by atoms with van der Waals surface area (Å²) < 4.78 is 1.91. The van der Waals surface area contributed by atoms with Crippen LogP contribution in [-0.2, 0) is 6.54 Å². The van der Waals surface area contributed by atoms with Crippen molar-refractivity contribution in [2.45, 2.75) is 32.2 Å². The molecule has 3 rings (SSSR count). The Morgan fingerprint density at radius 3 is 3.00 bits per heavy atom. The molecule has 0 aliphatic heterocycles. The Hall–Kier alpha value is -1.52. The first-order valence-electron chi connectivity index (χ1n) is 5.01. The van der Waals surface area contributed by atoms with Crippen LogP contribution in [0.4, 0.5) is 5.82 Å². The number of nitrogens with one attached hydrogen (secondary N) is 1. The number of anilines is 1. The van der Waals surface area contributed by atoms with Gasteiger partial charge >= 0.3 is 0 Å². The number of nitrogen functional groups attached to an aromatic ring is 1. The van der Waals surface area contributed by atoms with E-state index in [0.717, 1.165) is 23.3 Å². The van der Waals surface area contributed by atoms with Crippen LogP contribution in [0.25, 0.3) is 11.0 Å². The first-order chi connectivity index (χ1) is 6.81. The van der Waals surface area contributed by atoms with Crippen LogP contribution >= 0.6 is 0 Å². The van der Waals surface area contributed by atoms with Crippen molar-refractivity contribution in [3.63, 3.8) is 0 Å². The molecule has 1 fully saturated rings. The molecule has 2 heterocycles. The molecule has 0 unspecified atom stereocenters. The number of aromatic nitrogens is 4. The fraction of sp³-hybridized carbons (Fsp3) is 0.556. The van der Waals surface area contributed by atoms with Crippen LogP contribution < -0.4 is 5.73 Å². The molecule has 2 aromatic heterocycles. The number of aryl methyl sites for hydroxylation is 1. The van der Waals surface area contributed by atoms with Crippen LogP contribution in [0.2, 0.25) is 0 Å². The average Bonchev–Trinajstić information content (AvgIpc) is 2.86. The molecule has 2 aromatic rings. The molecule has 1 aliphatic rings. The van der Waals surface area contributed by atoms with E-state index in [2.05, 4.69) is 22.2 Å². The number of nitrogens with zero attached hydrogens (tertiary/aromatic N) is 3. The lowest BCUT2D eigenvalue weighted by atomic mass is 10.2. The molecule has 14 heavy (non-hydrogen) atoms. The lowest BCUT2D eigenvalue weighted by Gasteiger charge is -1.93. The van der Waals surface area contributed by atoms with E-state index in [1.54, 1.807) is 0 Å². The van der Waals surface area contributed by atoms with Gasteiger partial charge in [-0.3, -0.25) is 5.10 Å². The zero-order chi connectivity index (χ0) is 9.71. The van der Waals surface area contributed by atoms with Gasteiger partial charge in [0, 0.05) is 12.5 Å². The fourth-order valence-electron chi connectivity index (χ4n) is 1.88. The second-order valence-corrected chi connectivity index (χ2v) is 3.81. The standard InChI is InChI=1S/C9H13N5/c1-2-14-9-6(8(10)11-12-9)7(13-14)5-3-4-5/h5H,2-4H2,1H3,(H3,10,11,12). The zero-order valence-electron chi connectivity index (χ0n) is 8.12. The van der Waals surface area contributed by atoms with E-state index in [1.165, 1.54) is 12.8 Å². The maximum Gasteiger partial charge on any atom is 0.182 e. The Balaban J connectivity index is 2.30. The third-order valence-electron chi connectivity index (χ3n) is 2.77. The number of fused-ring (bicyclic) bond motifs is 1. The molecular weight excluding hydrogens is 178 g/mol. The molecule has 0 amide bonds. The van der Waals surface area contributed by atoms with Crippen molar-refractivity contribution in [2.75, 3.05) is 5.73 Å². The molecule has 0 spiro atoms. The summed E-state index contributed by atoms with van der Waals surface area (Å²) in [7, 11) is 0. The van der Waals surface area contributed by atoms with Gasteiger partial charge in [-0.05, 0) is 19.8 Å². The average molecular weight is 191 g/mol. The monoisotopic (exact) mass is 191 g/mol. The lowest BCUT2D eigenvalue weighted by molar-refractivity contribution is 0.659. The second-order valence-electron chi connectivity index (χ2n) is 3.81. The summed E-state index contributed by atoms with van der Waals surface area (Å²) >= 11 is 0. The number of rotatable bonds is 2. The van der Waals surface area contributed by atoms with Crippen molar-refractivity contribution >= 4 is 16.9 Å². The van der Waals surface area contributed by atoms with Gasteiger partial charge in [0.05, 0.1) is 11.1 Å². The fourth-order valence-corrected chi connectivity index (χ4v) is 1.88. The minimum absolute atomic E-state index is 0.616. The largest absolute Gasteiger partial charge is 0.383 e. The summed E-state index contributed by atoms with van der Waals surface area (Å²) in [6.45, 7) is 2.90. The number of H-pyrrole nitrogens is 1. The Labute approximate surface area is 81.3 Å². The summed E-state index contributed by atoms with van der Waals surface area (Å²) in [5.41, 5.74) is 7.87. The van der Waals surface area contributed by atoms with Crippen LogP contribution in [0.3, 0.4) is 0 Å². The summed E-state index contributed by atoms with van der Waals surface area (Å²) in [4.78, 5) is 0. The molecule has 74 valence electrons. The smallest absolute Gasteiger partial charge is 0.182 e. The first-order valence-corrected chi connectivity index (χ1v) is 5.01. The molecule has 0 bridgehead atoms.